The van der Waals surface area contributed by atoms with E-state index in [2.05, 4.69) is 45.2 Å². The molecule has 4 rings (SSSR count). The maximum Gasteiger partial charge on any atom is 0.101 e. The topological polar surface area (TPSA) is 30.7 Å². The summed E-state index contributed by atoms with van der Waals surface area (Å²) < 4.78 is 3.02. The Hall–Kier alpha value is -2.46. The van der Waals surface area contributed by atoms with E-state index >= 15 is 0 Å². The van der Waals surface area contributed by atoms with Crippen LogP contribution in [0.15, 0.2) is 77.5 Å². The van der Waals surface area contributed by atoms with Gasteiger partial charge in [0.15, 0.2) is 0 Å². The molecule has 0 unspecified atom stereocenters. The Morgan fingerprint density at radius 3 is 2.50 bits per heavy atom. The largest absolute Gasteiger partial charge is 0.265 e. The molecule has 0 N–H and O–H groups in total. The number of halogens is 1. The third-order valence-corrected chi connectivity index (χ3v) is 4.09. The zero-order valence-electron chi connectivity index (χ0n) is 11.6. The van der Waals surface area contributed by atoms with Crippen LogP contribution in [0, 0.1) is 0 Å². The molecule has 2 heterocycles. The van der Waals surface area contributed by atoms with Crippen LogP contribution >= 0.6 is 15.9 Å². The Morgan fingerprint density at radius 1 is 0.864 bits per heavy atom. The Morgan fingerprint density at radius 2 is 1.68 bits per heavy atom. The van der Waals surface area contributed by atoms with Crippen molar-refractivity contribution in [2.24, 2.45) is 0 Å². The van der Waals surface area contributed by atoms with E-state index in [-0.39, 0.29) is 0 Å². The van der Waals surface area contributed by atoms with Gasteiger partial charge < -0.3 is 0 Å². The smallest absolute Gasteiger partial charge is 0.101 e. The standard InChI is InChI=1S/C18H12BrN3/c19-14-4-3-5-15(12-14)22-17-7-2-1-6-16(17)18(21-22)13-8-10-20-11-9-13/h1-12H. The first-order valence-electron chi connectivity index (χ1n) is 6.97. The molecule has 2 aromatic carbocycles. The molecule has 4 aromatic rings. The lowest BCUT2D eigenvalue weighted by Gasteiger charge is -2.03. The second kappa shape index (κ2) is 5.39. The minimum atomic E-state index is 0.970. The second-order valence-corrected chi connectivity index (χ2v) is 5.91. The van der Waals surface area contributed by atoms with E-state index in [9.17, 15) is 0 Å². The third kappa shape index (κ3) is 2.22. The summed E-state index contributed by atoms with van der Waals surface area (Å²) in [5, 5.41) is 5.97. The highest BCUT2D eigenvalue weighted by Crippen LogP contribution is 2.29. The SMILES string of the molecule is Brc1cccc(-n2nc(-c3ccncc3)c3ccccc32)c1. The van der Waals surface area contributed by atoms with E-state index in [0.717, 1.165) is 32.3 Å². The quantitative estimate of drug-likeness (QED) is 0.517. The molecule has 0 radical (unpaired) electrons. The van der Waals surface area contributed by atoms with Crippen LogP contribution in [0.5, 0.6) is 0 Å². The van der Waals surface area contributed by atoms with Gasteiger partial charge in [-0.05, 0) is 36.4 Å². The third-order valence-electron chi connectivity index (χ3n) is 3.59. The van der Waals surface area contributed by atoms with Crippen molar-refractivity contribution in [1.82, 2.24) is 14.8 Å². The van der Waals surface area contributed by atoms with Gasteiger partial charge in [0.05, 0.1) is 11.2 Å². The molecule has 4 heteroatoms. The fourth-order valence-electron chi connectivity index (χ4n) is 2.59. The van der Waals surface area contributed by atoms with Gasteiger partial charge in [0, 0.05) is 27.8 Å². The highest BCUT2D eigenvalue weighted by Gasteiger charge is 2.12. The molecule has 0 amide bonds. The van der Waals surface area contributed by atoms with Crippen molar-refractivity contribution in [3.8, 4) is 16.9 Å². The molecule has 106 valence electrons. The first kappa shape index (κ1) is 13.2. The highest BCUT2D eigenvalue weighted by atomic mass is 79.9. The number of rotatable bonds is 2. The van der Waals surface area contributed by atoms with Crippen LogP contribution in [0.1, 0.15) is 0 Å². The molecule has 0 aliphatic carbocycles. The van der Waals surface area contributed by atoms with Crippen LogP contribution in [0.4, 0.5) is 0 Å². The first-order chi connectivity index (χ1) is 10.8. The number of hydrogen-bond donors (Lipinski definition) is 0. The Labute approximate surface area is 136 Å². The average Bonchev–Trinajstić information content (AvgIpc) is 2.95. The molecule has 0 fully saturated rings. The molecule has 0 saturated heterocycles. The maximum atomic E-state index is 4.84. The van der Waals surface area contributed by atoms with E-state index in [0.29, 0.717) is 0 Å². The van der Waals surface area contributed by atoms with Crippen molar-refractivity contribution in [2.75, 3.05) is 0 Å². The Bertz CT molecular complexity index is 945. The summed E-state index contributed by atoms with van der Waals surface area (Å²) in [7, 11) is 0. The molecule has 22 heavy (non-hydrogen) atoms. The summed E-state index contributed by atoms with van der Waals surface area (Å²) in [5.74, 6) is 0. The normalized spacial score (nSPS) is 11.0. The molecular weight excluding hydrogens is 338 g/mol. The van der Waals surface area contributed by atoms with Crippen molar-refractivity contribution < 1.29 is 0 Å². The van der Waals surface area contributed by atoms with Crippen molar-refractivity contribution >= 4 is 26.8 Å². The fourth-order valence-corrected chi connectivity index (χ4v) is 2.98. The van der Waals surface area contributed by atoms with Gasteiger partial charge in [-0.1, -0.05) is 40.2 Å². The zero-order valence-corrected chi connectivity index (χ0v) is 13.2. The number of aromatic nitrogens is 3. The number of fused-ring (bicyclic) bond motifs is 1. The van der Waals surface area contributed by atoms with E-state index in [1.807, 2.05) is 41.1 Å². The lowest BCUT2D eigenvalue weighted by atomic mass is 10.1. The fraction of sp³-hybridized carbons (Fsp3) is 0. The molecule has 0 aliphatic heterocycles. The predicted octanol–water partition coefficient (Wildman–Crippen LogP) is 4.85. The van der Waals surface area contributed by atoms with Gasteiger partial charge in [-0.2, -0.15) is 5.10 Å². The van der Waals surface area contributed by atoms with Crippen LogP contribution in [-0.4, -0.2) is 14.8 Å². The summed E-state index contributed by atoms with van der Waals surface area (Å²) in [4.78, 5) is 4.09. The van der Waals surface area contributed by atoms with Gasteiger partial charge >= 0.3 is 0 Å². The number of hydrogen-bond acceptors (Lipinski definition) is 2. The predicted molar refractivity (Wildman–Crippen MR) is 92.0 cm³/mol. The van der Waals surface area contributed by atoms with E-state index < -0.39 is 0 Å². The Kier molecular flexibility index (Phi) is 3.24. The van der Waals surface area contributed by atoms with Crippen LogP contribution in [0.25, 0.3) is 27.8 Å². The summed E-state index contributed by atoms with van der Waals surface area (Å²) in [6, 6.07) is 20.4. The summed E-state index contributed by atoms with van der Waals surface area (Å²) >= 11 is 3.53. The molecule has 0 spiro atoms. The number of benzene rings is 2. The van der Waals surface area contributed by atoms with Gasteiger partial charge in [-0.25, -0.2) is 4.68 Å². The van der Waals surface area contributed by atoms with E-state index in [1.165, 1.54) is 0 Å². The van der Waals surface area contributed by atoms with E-state index in [4.69, 9.17) is 5.10 Å². The first-order valence-corrected chi connectivity index (χ1v) is 7.76. The van der Waals surface area contributed by atoms with Crippen LogP contribution < -0.4 is 0 Å². The van der Waals surface area contributed by atoms with Crippen LogP contribution in [0.2, 0.25) is 0 Å². The van der Waals surface area contributed by atoms with Crippen molar-refractivity contribution in [3.05, 3.63) is 77.5 Å². The van der Waals surface area contributed by atoms with Crippen molar-refractivity contribution in [1.29, 1.82) is 0 Å². The second-order valence-electron chi connectivity index (χ2n) is 4.99. The van der Waals surface area contributed by atoms with Crippen LogP contribution in [0.3, 0.4) is 0 Å². The van der Waals surface area contributed by atoms with Gasteiger partial charge in [0.25, 0.3) is 0 Å². The molecule has 2 aromatic heterocycles. The Balaban J connectivity index is 2.01. The van der Waals surface area contributed by atoms with Gasteiger partial charge in [-0.15, -0.1) is 0 Å². The lowest BCUT2D eigenvalue weighted by Crippen LogP contribution is -1.96. The van der Waals surface area contributed by atoms with Gasteiger partial charge in [-0.3, -0.25) is 4.98 Å². The molecule has 3 nitrogen and oxygen atoms in total. The van der Waals surface area contributed by atoms with Crippen molar-refractivity contribution in [2.45, 2.75) is 0 Å². The minimum absolute atomic E-state index is 0.970. The number of nitrogens with zero attached hydrogens (tertiary/aromatic N) is 3. The van der Waals surface area contributed by atoms with Crippen molar-refractivity contribution in [3.63, 3.8) is 0 Å². The lowest BCUT2D eigenvalue weighted by molar-refractivity contribution is 0.914. The summed E-state index contributed by atoms with van der Waals surface area (Å²) in [6.45, 7) is 0. The van der Waals surface area contributed by atoms with Gasteiger partial charge in [0.2, 0.25) is 0 Å². The molecular formula is C18H12BrN3. The van der Waals surface area contributed by atoms with Crippen LogP contribution in [-0.2, 0) is 0 Å². The molecule has 0 aliphatic rings. The number of pyridine rings is 1. The van der Waals surface area contributed by atoms with Gasteiger partial charge in [0.1, 0.15) is 5.69 Å². The maximum absolute atomic E-state index is 4.84. The zero-order chi connectivity index (χ0) is 14.9. The number of para-hydroxylation sites is 1. The highest BCUT2D eigenvalue weighted by molar-refractivity contribution is 9.10. The monoisotopic (exact) mass is 349 g/mol. The average molecular weight is 350 g/mol. The molecule has 0 atom stereocenters. The minimum Gasteiger partial charge on any atom is -0.265 e. The van der Waals surface area contributed by atoms with E-state index in [1.54, 1.807) is 12.4 Å². The molecule has 0 bridgehead atoms. The summed E-state index contributed by atoms with van der Waals surface area (Å²) in [6.07, 6.45) is 3.59. The summed E-state index contributed by atoms with van der Waals surface area (Å²) in [5.41, 5.74) is 4.16. The molecule has 0 saturated carbocycles.